The lowest BCUT2D eigenvalue weighted by molar-refractivity contribution is -0.122. The van der Waals surface area contributed by atoms with E-state index >= 15 is 0 Å². The first-order chi connectivity index (χ1) is 8.45. The van der Waals surface area contributed by atoms with Gasteiger partial charge in [-0.25, -0.2) is 4.39 Å². The standard InChI is InChI=1S/C13H19FN2O2/c1-8(13(15)17)7-18-10-4-5-11(9(2)16-3)12(14)6-10/h4-6,8-9,16H,7H2,1-3H3,(H2,15,17). The van der Waals surface area contributed by atoms with Crippen molar-refractivity contribution in [2.24, 2.45) is 11.7 Å². The van der Waals surface area contributed by atoms with Crippen molar-refractivity contribution in [3.63, 3.8) is 0 Å². The van der Waals surface area contributed by atoms with Crippen LogP contribution in [0.3, 0.4) is 0 Å². The summed E-state index contributed by atoms with van der Waals surface area (Å²) in [7, 11) is 1.77. The van der Waals surface area contributed by atoms with Gasteiger partial charge in [0.15, 0.2) is 0 Å². The minimum absolute atomic E-state index is 0.0661. The van der Waals surface area contributed by atoms with Crippen molar-refractivity contribution in [2.75, 3.05) is 13.7 Å². The molecule has 0 radical (unpaired) electrons. The molecule has 0 aliphatic heterocycles. The van der Waals surface area contributed by atoms with Crippen LogP contribution in [0.15, 0.2) is 18.2 Å². The second-order valence-corrected chi connectivity index (χ2v) is 4.31. The maximum Gasteiger partial charge on any atom is 0.223 e. The number of carbonyl (C=O) groups is 1. The van der Waals surface area contributed by atoms with Crippen LogP contribution in [0.25, 0.3) is 0 Å². The Hall–Kier alpha value is -1.62. The Bertz CT molecular complexity index is 423. The smallest absolute Gasteiger partial charge is 0.223 e. The molecule has 0 bridgehead atoms. The van der Waals surface area contributed by atoms with Crippen LogP contribution in [-0.4, -0.2) is 19.6 Å². The first kappa shape index (κ1) is 14.4. The molecule has 1 aromatic rings. The molecule has 0 aromatic heterocycles. The molecule has 0 saturated carbocycles. The summed E-state index contributed by atoms with van der Waals surface area (Å²) in [6.45, 7) is 3.68. The Morgan fingerprint density at radius 3 is 2.67 bits per heavy atom. The molecule has 5 heteroatoms. The van der Waals surface area contributed by atoms with Crippen LogP contribution in [0.4, 0.5) is 4.39 Å². The number of carbonyl (C=O) groups excluding carboxylic acids is 1. The molecule has 1 amide bonds. The number of nitrogens with two attached hydrogens (primary N) is 1. The topological polar surface area (TPSA) is 64.3 Å². The molecule has 1 aromatic carbocycles. The fourth-order valence-corrected chi connectivity index (χ4v) is 1.41. The number of primary amides is 1. The van der Waals surface area contributed by atoms with Crippen LogP contribution in [-0.2, 0) is 4.79 Å². The Kier molecular flexibility index (Phi) is 5.09. The van der Waals surface area contributed by atoms with Crippen molar-refractivity contribution in [3.05, 3.63) is 29.6 Å². The highest BCUT2D eigenvalue weighted by Gasteiger charge is 2.12. The minimum atomic E-state index is -0.434. The molecule has 1 rings (SSSR count). The summed E-state index contributed by atoms with van der Waals surface area (Å²) < 4.78 is 19.1. The lowest BCUT2D eigenvalue weighted by Gasteiger charge is -2.14. The summed E-state index contributed by atoms with van der Waals surface area (Å²) in [5, 5.41) is 2.96. The summed E-state index contributed by atoms with van der Waals surface area (Å²) >= 11 is 0. The zero-order valence-electron chi connectivity index (χ0n) is 10.9. The van der Waals surface area contributed by atoms with E-state index in [0.29, 0.717) is 11.3 Å². The lowest BCUT2D eigenvalue weighted by atomic mass is 10.1. The number of hydrogen-bond acceptors (Lipinski definition) is 3. The molecule has 0 heterocycles. The fourth-order valence-electron chi connectivity index (χ4n) is 1.41. The summed E-state index contributed by atoms with van der Waals surface area (Å²) in [6, 6.07) is 4.60. The van der Waals surface area contributed by atoms with Crippen LogP contribution in [0, 0.1) is 11.7 Å². The molecule has 2 unspecified atom stereocenters. The van der Waals surface area contributed by atoms with E-state index in [2.05, 4.69) is 5.32 Å². The third-order valence-electron chi connectivity index (χ3n) is 2.86. The molecule has 0 spiro atoms. The summed E-state index contributed by atoms with van der Waals surface area (Å²) in [5.74, 6) is -0.770. The minimum Gasteiger partial charge on any atom is -0.493 e. The maximum atomic E-state index is 13.8. The molecule has 2 atom stereocenters. The fraction of sp³-hybridized carbons (Fsp3) is 0.462. The number of rotatable bonds is 6. The van der Waals surface area contributed by atoms with Crippen molar-refractivity contribution >= 4 is 5.91 Å². The van der Waals surface area contributed by atoms with Gasteiger partial charge in [-0.15, -0.1) is 0 Å². The number of halogens is 1. The van der Waals surface area contributed by atoms with E-state index in [1.165, 1.54) is 6.07 Å². The van der Waals surface area contributed by atoms with Crippen LogP contribution < -0.4 is 15.8 Å². The highest BCUT2D eigenvalue weighted by Crippen LogP contribution is 2.21. The first-order valence-corrected chi connectivity index (χ1v) is 5.84. The molecule has 4 nitrogen and oxygen atoms in total. The van der Waals surface area contributed by atoms with Gasteiger partial charge in [0.2, 0.25) is 5.91 Å². The van der Waals surface area contributed by atoms with Gasteiger partial charge in [-0.1, -0.05) is 13.0 Å². The maximum absolute atomic E-state index is 13.8. The normalized spacial score (nSPS) is 14.0. The van der Waals surface area contributed by atoms with Crippen LogP contribution in [0.1, 0.15) is 25.5 Å². The third kappa shape index (κ3) is 3.70. The van der Waals surface area contributed by atoms with Crippen LogP contribution in [0.2, 0.25) is 0 Å². The molecule has 0 aliphatic rings. The first-order valence-electron chi connectivity index (χ1n) is 5.84. The van der Waals surface area contributed by atoms with Crippen LogP contribution in [0.5, 0.6) is 5.75 Å². The van der Waals surface area contributed by atoms with Crippen molar-refractivity contribution in [2.45, 2.75) is 19.9 Å². The summed E-state index contributed by atoms with van der Waals surface area (Å²) in [6.07, 6.45) is 0. The van der Waals surface area contributed by atoms with E-state index in [-0.39, 0.29) is 18.5 Å². The number of hydrogen-bond donors (Lipinski definition) is 2. The van der Waals surface area contributed by atoms with E-state index in [1.807, 2.05) is 6.92 Å². The van der Waals surface area contributed by atoms with Crippen molar-refractivity contribution < 1.29 is 13.9 Å². The van der Waals surface area contributed by atoms with Gasteiger partial charge in [-0.3, -0.25) is 4.79 Å². The van der Waals surface area contributed by atoms with E-state index < -0.39 is 11.8 Å². The quantitative estimate of drug-likeness (QED) is 0.810. The van der Waals surface area contributed by atoms with Gasteiger partial charge in [-0.2, -0.15) is 0 Å². The number of benzene rings is 1. The highest BCUT2D eigenvalue weighted by molar-refractivity contribution is 5.76. The second kappa shape index (κ2) is 6.35. The van der Waals surface area contributed by atoms with E-state index in [0.717, 1.165) is 0 Å². The number of nitrogens with one attached hydrogen (secondary N) is 1. The molecule has 0 saturated heterocycles. The molecule has 100 valence electrons. The second-order valence-electron chi connectivity index (χ2n) is 4.31. The number of amides is 1. The molecule has 18 heavy (non-hydrogen) atoms. The molecular formula is C13H19FN2O2. The largest absolute Gasteiger partial charge is 0.493 e. The lowest BCUT2D eigenvalue weighted by Crippen LogP contribution is -2.25. The van der Waals surface area contributed by atoms with Gasteiger partial charge >= 0.3 is 0 Å². The Morgan fingerprint density at radius 1 is 1.50 bits per heavy atom. The SMILES string of the molecule is CNC(C)c1ccc(OCC(C)C(N)=O)cc1F. The Balaban J connectivity index is 2.70. The molecule has 0 aliphatic carbocycles. The van der Waals surface area contributed by atoms with E-state index in [9.17, 15) is 9.18 Å². The van der Waals surface area contributed by atoms with Crippen LogP contribution >= 0.6 is 0 Å². The Labute approximate surface area is 106 Å². The highest BCUT2D eigenvalue weighted by atomic mass is 19.1. The average Bonchev–Trinajstić information content (AvgIpc) is 2.34. The van der Waals surface area contributed by atoms with Crippen molar-refractivity contribution in [1.29, 1.82) is 0 Å². The molecule has 0 fully saturated rings. The monoisotopic (exact) mass is 254 g/mol. The van der Waals surface area contributed by atoms with Crippen molar-refractivity contribution in [3.8, 4) is 5.75 Å². The molecular weight excluding hydrogens is 235 g/mol. The zero-order valence-corrected chi connectivity index (χ0v) is 10.9. The summed E-state index contributed by atoms with van der Waals surface area (Å²) in [4.78, 5) is 10.8. The third-order valence-corrected chi connectivity index (χ3v) is 2.86. The predicted octanol–water partition coefficient (Wildman–Crippen LogP) is 1.61. The molecule has 3 N–H and O–H groups in total. The van der Waals surface area contributed by atoms with Gasteiger partial charge in [0.05, 0.1) is 12.5 Å². The van der Waals surface area contributed by atoms with Crippen molar-refractivity contribution in [1.82, 2.24) is 5.32 Å². The zero-order chi connectivity index (χ0) is 13.7. The van der Waals surface area contributed by atoms with Gasteiger partial charge in [0.25, 0.3) is 0 Å². The number of ether oxygens (including phenoxy) is 1. The van der Waals surface area contributed by atoms with Gasteiger partial charge in [0.1, 0.15) is 11.6 Å². The van der Waals surface area contributed by atoms with E-state index in [4.69, 9.17) is 10.5 Å². The van der Waals surface area contributed by atoms with Gasteiger partial charge < -0.3 is 15.8 Å². The summed E-state index contributed by atoms with van der Waals surface area (Å²) in [5.41, 5.74) is 5.69. The van der Waals surface area contributed by atoms with Gasteiger partial charge in [-0.05, 0) is 20.0 Å². The average molecular weight is 254 g/mol. The van der Waals surface area contributed by atoms with Gasteiger partial charge in [0, 0.05) is 17.7 Å². The predicted molar refractivity (Wildman–Crippen MR) is 67.7 cm³/mol. The Morgan fingerprint density at radius 2 is 2.17 bits per heavy atom. The van der Waals surface area contributed by atoms with E-state index in [1.54, 1.807) is 26.1 Å².